The van der Waals surface area contributed by atoms with Crippen molar-refractivity contribution in [3.63, 3.8) is 0 Å². The molecule has 1 fully saturated rings. The van der Waals surface area contributed by atoms with E-state index in [0.29, 0.717) is 13.1 Å². The van der Waals surface area contributed by atoms with Crippen LogP contribution in [0, 0.1) is 0 Å². The number of nitrogens with zero attached hydrogens (tertiary/aromatic N) is 2. The third kappa shape index (κ3) is 1.72. The van der Waals surface area contributed by atoms with Gasteiger partial charge in [-0.05, 0) is 13.8 Å². The van der Waals surface area contributed by atoms with Crippen LogP contribution in [0.2, 0.25) is 0 Å². The van der Waals surface area contributed by atoms with E-state index in [1.54, 1.807) is 11.9 Å². The van der Waals surface area contributed by atoms with Crippen molar-refractivity contribution in [3.8, 4) is 0 Å². The topological polar surface area (TPSA) is 40.6 Å². The van der Waals surface area contributed by atoms with Gasteiger partial charge in [0.25, 0.3) is 0 Å². The second-order valence-electron chi connectivity index (χ2n) is 3.90. The highest BCUT2D eigenvalue weighted by Crippen LogP contribution is 2.20. The molecule has 1 amide bonds. The molecule has 0 unspecified atom stereocenters. The molecule has 1 aliphatic rings. The Morgan fingerprint density at radius 1 is 1.46 bits per heavy atom. The second-order valence-corrected chi connectivity index (χ2v) is 3.90. The van der Waals surface area contributed by atoms with Gasteiger partial charge in [0.2, 0.25) is 5.91 Å². The van der Waals surface area contributed by atoms with E-state index in [4.69, 9.17) is 0 Å². The average Bonchev–Trinajstić information content (AvgIpc) is 2.07. The fraction of sp³-hybridized carbons (Fsp3) is 0.778. The number of hydrogen-bond acceptors (Lipinski definition) is 3. The van der Waals surface area contributed by atoms with Gasteiger partial charge in [0, 0.05) is 20.1 Å². The summed E-state index contributed by atoms with van der Waals surface area (Å²) in [7, 11) is 1.79. The number of hydrogen-bond donors (Lipinski definition) is 0. The predicted molar refractivity (Wildman–Crippen MR) is 49.4 cm³/mol. The lowest BCUT2D eigenvalue weighted by molar-refractivity contribution is -0.147. The van der Waals surface area contributed by atoms with Crippen molar-refractivity contribution in [2.75, 3.05) is 26.7 Å². The summed E-state index contributed by atoms with van der Waals surface area (Å²) in [5, 5.41) is 0. The number of aldehydes is 1. The molecule has 1 saturated heterocycles. The molecular weight excluding hydrogens is 168 g/mol. The van der Waals surface area contributed by atoms with Gasteiger partial charge in [-0.25, -0.2) is 0 Å². The van der Waals surface area contributed by atoms with Gasteiger partial charge in [0.05, 0.1) is 12.1 Å². The van der Waals surface area contributed by atoms with Crippen LogP contribution in [0.5, 0.6) is 0 Å². The zero-order valence-corrected chi connectivity index (χ0v) is 8.41. The van der Waals surface area contributed by atoms with Crippen LogP contribution in [-0.4, -0.2) is 54.2 Å². The zero-order valence-electron chi connectivity index (χ0n) is 8.41. The van der Waals surface area contributed by atoms with Crippen LogP contribution in [0.3, 0.4) is 0 Å². The van der Waals surface area contributed by atoms with E-state index < -0.39 is 5.54 Å². The van der Waals surface area contributed by atoms with E-state index in [1.807, 2.05) is 18.7 Å². The van der Waals surface area contributed by atoms with Crippen LogP contribution in [0.25, 0.3) is 0 Å². The maximum atomic E-state index is 11.7. The molecule has 0 aliphatic carbocycles. The highest BCUT2D eigenvalue weighted by atomic mass is 16.2. The van der Waals surface area contributed by atoms with Gasteiger partial charge in [-0.3, -0.25) is 9.69 Å². The fourth-order valence-electron chi connectivity index (χ4n) is 1.66. The minimum absolute atomic E-state index is 0.0839. The lowest BCUT2D eigenvalue weighted by Gasteiger charge is -2.43. The van der Waals surface area contributed by atoms with Crippen molar-refractivity contribution >= 4 is 12.2 Å². The van der Waals surface area contributed by atoms with Gasteiger partial charge in [0.15, 0.2) is 0 Å². The van der Waals surface area contributed by atoms with Crippen LogP contribution < -0.4 is 0 Å². The Balaban J connectivity index is 2.79. The molecule has 1 rings (SSSR count). The number of rotatable bonds is 2. The summed E-state index contributed by atoms with van der Waals surface area (Å²) in [6, 6.07) is 0. The molecule has 1 aliphatic heterocycles. The highest BCUT2D eigenvalue weighted by molar-refractivity contribution is 5.86. The summed E-state index contributed by atoms with van der Waals surface area (Å²) in [5.41, 5.74) is -0.534. The van der Waals surface area contributed by atoms with Gasteiger partial charge in [-0.1, -0.05) is 0 Å². The molecule has 0 spiro atoms. The summed E-state index contributed by atoms with van der Waals surface area (Å²) in [5.74, 6) is 0.0839. The van der Waals surface area contributed by atoms with Gasteiger partial charge in [-0.15, -0.1) is 0 Å². The monoisotopic (exact) mass is 184 g/mol. The molecule has 1 heterocycles. The van der Waals surface area contributed by atoms with Gasteiger partial charge < -0.3 is 9.69 Å². The standard InChI is InChI=1S/C9H16N2O2/c1-9(2)8(13)10(3)4-5-11(9)6-7-12/h7H,4-6H2,1-3H3. The first-order valence-electron chi connectivity index (χ1n) is 4.44. The minimum atomic E-state index is -0.534. The van der Waals surface area contributed by atoms with E-state index in [9.17, 15) is 9.59 Å². The van der Waals surface area contributed by atoms with E-state index in [-0.39, 0.29) is 5.91 Å². The number of amides is 1. The maximum Gasteiger partial charge on any atom is 0.242 e. The Morgan fingerprint density at radius 3 is 2.62 bits per heavy atom. The van der Waals surface area contributed by atoms with Crippen molar-refractivity contribution in [1.29, 1.82) is 0 Å². The molecule has 0 radical (unpaired) electrons. The smallest absolute Gasteiger partial charge is 0.242 e. The first-order chi connectivity index (χ1) is 6.00. The summed E-state index contributed by atoms with van der Waals surface area (Å²) < 4.78 is 0. The number of carbonyl (C=O) groups is 2. The Bertz CT molecular complexity index is 226. The van der Waals surface area contributed by atoms with Crippen molar-refractivity contribution in [1.82, 2.24) is 9.80 Å². The Hall–Kier alpha value is -0.900. The average molecular weight is 184 g/mol. The van der Waals surface area contributed by atoms with Gasteiger partial charge in [-0.2, -0.15) is 0 Å². The minimum Gasteiger partial charge on any atom is -0.343 e. The number of likely N-dealkylation sites (N-methyl/N-ethyl adjacent to an activating group) is 1. The third-order valence-electron chi connectivity index (χ3n) is 2.66. The Morgan fingerprint density at radius 2 is 2.08 bits per heavy atom. The van der Waals surface area contributed by atoms with Crippen LogP contribution in [0.15, 0.2) is 0 Å². The van der Waals surface area contributed by atoms with E-state index in [0.717, 1.165) is 12.8 Å². The first kappa shape index (κ1) is 10.2. The molecule has 0 bridgehead atoms. The van der Waals surface area contributed by atoms with Crippen LogP contribution in [0.4, 0.5) is 0 Å². The largest absolute Gasteiger partial charge is 0.343 e. The van der Waals surface area contributed by atoms with Gasteiger partial charge in [0.1, 0.15) is 6.29 Å². The van der Waals surface area contributed by atoms with E-state index >= 15 is 0 Å². The zero-order chi connectivity index (χ0) is 10.1. The lowest BCUT2D eigenvalue weighted by atomic mass is 9.98. The Labute approximate surface area is 78.5 Å². The van der Waals surface area contributed by atoms with Crippen molar-refractivity contribution in [2.45, 2.75) is 19.4 Å². The van der Waals surface area contributed by atoms with Crippen molar-refractivity contribution < 1.29 is 9.59 Å². The summed E-state index contributed by atoms with van der Waals surface area (Å²) in [6.45, 7) is 5.53. The molecule has 4 heteroatoms. The van der Waals surface area contributed by atoms with Crippen molar-refractivity contribution in [3.05, 3.63) is 0 Å². The normalized spacial score (nSPS) is 23.3. The SMILES string of the molecule is CN1CCN(CC=O)C(C)(C)C1=O. The van der Waals surface area contributed by atoms with Crippen LogP contribution in [0.1, 0.15) is 13.8 Å². The molecular formula is C9H16N2O2. The van der Waals surface area contributed by atoms with Crippen LogP contribution >= 0.6 is 0 Å². The molecule has 13 heavy (non-hydrogen) atoms. The van der Waals surface area contributed by atoms with Crippen molar-refractivity contribution in [2.24, 2.45) is 0 Å². The quantitative estimate of drug-likeness (QED) is 0.555. The number of carbonyl (C=O) groups excluding carboxylic acids is 2. The second kappa shape index (κ2) is 3.46. The molecule has 0 atom stereocenters. The molecule has 0 aromatic rings. The molecule has 4 nitrogen and oxygen atoms in total. The third-order valence-corrected chi connectivity index (χ3v) is 2.66. The highest BCUT2D eigenvalue weighted by Gasteiger charge is 2.39. The summed E-state index contributed by atoms with van der Waals surface area (Å²) in [6.07, 6.45) is 0.848. The fourth-order valence-corrected chi connectivity index (χ4v) is 1.66. The molecule has 0 saturated carbocycles. The Kier molecular flexibility index (Phi) is 2.71. The van der Waals surface area contributed by atoms with E-state index in [1.165, 1.54) is 0 Å². The molecule has 0 aromatic carbocycles. The lowest BCUT2D eigenvalue weighted by Crippen LogP contribution is -2.62. The summed E-state index contributed by atoms with van der Waals surface area (Å²) >= 11 is 0. The summed E-state index contributed by atoms with van der Waals surface area (Å²) in [4.78, 5) is 25.7. The predicted octanol–water partition coefficient (Wildman–Crippen LogP) is -0.262. The molecule has 74 valence electrons. The first-order valence-corrected chi connectivity index (χ1v) is 4.44. The van der Waals surface area contributed by atoms with E-state index in [2.05, 4.69) is 0 Å². The van der Waals surface area contributed by atoms with Crippen LogP contribution in [-0.2, 0) is 9.59 Å². The van der Waals surface area contributed by atoms with Gasteiger partial charge >= 0.3 is 0 Å². The number of piperazine rings is 1. The molecule has 0 aromatic heterocycles. The molecule has 0 N–H and O–H groups in total. The maximum absolute atomic E-state index is 11.7.